The Morgan fingerprint density at radius 3 is 1.05 bits per heavy atom. The quantitative estimate of drug-likeness (QED) is 0.0157. The molecule has 0 fully saturated rings. The summed E-state index contributed by atoms with van der Waals surface area (Å²) < 4.78 is 121. The number of carbonyl (C=O) groups excluding carboxylic acids is 4. The van der Waals surface area contributed by atoms with Crippen LogP contribution in [0.5, 0.6) is 0 Å². The molecule has 16 rings (SSSR count). The summed E-state index contributed by atoms with van der Waals surface area (Å²) in [4.78, 5) is 108. The number of hydrogen-bond donors (Lipinski definition) is 3. The zero-order chi connectivity index (χ0) is 98.4. The number of aromatic nitrogens is 16. The molecule has 12 aromatic rings. The van der Waals surface area contributed by atoms with Crippen molar-refractivity contribution in [3.8, 4) is 0 Å². The predicted octanol–water partition coefficient (Wildman–Crippen LogP) is 7.90. The molecule has 0 bridgehead atoms. The number of aliphatic hydroxyl groups is 2. The number of nitrogens with zero attached hydrogens (tertiary/aromatic N) is 19. The van der Waals surface area contributed by atoms with Gasteiger partial charge >= 0.3 is 47.5 Å². The van der Waals surface area contributed by atoms with Crippen LogP contribution in [0.2, 0.25) is 15.5 Å². The normalized spacial score (nSPS) is 15.6. The van der Waals surface area contributed by atoms with Gasteiger partial charge in [0, 0.05) is 120 Å². The molecule has 0 unspecified atom stereocenters. The average Bonchev–Trinajstić information content (AvgIpc) is 1.60. The first kappa shape index (κ1) is 110. The summed E-state index contributed by atoms with van der Waals surface area (Å²) in [6.45, 7) is 33.0. The van der Waals surface area contributed by atoms with Crippen molar-refractivity contribution in [2.75, 3.05) is 94.3 Å². The van der Waals surface area contributed by atoms with Crippen LogP contribution in [0.4, 0.5) is 17.8 Å². The molecule has 4 aliphatic heterocycles. The van der Waals surface area contributed by atoms with Gasteiger partial charge in [0.1, 0.15) is 33.6 Å². The van der Waals surface area contributed by atoms with Gasteiger partial charge < -0.3 is 72.9 Å². The molecular formula is C88H112Cl3N20NaO19S4. The maximum atomic E-state index is 12.4. The number of ether oxygens (including phenoxy) is 3. The van der Waals surface area contributed by atoms with Crippen molar-refractivity contribution in [3.63, 3.8) is 0 Å². The van der Waals surface area contributed by atoms with E-state index in [1.54, 1.807) is 25.3 Å². The maximum absolute atomic E-state index is 12.4. The fraction of sp³-hybridized carbons (Fsp3) is 0.455. The van der Waals surface area contributed by atoms with E-state index in [2.05, 4.69) is 125 Å². The van der Waals surface area contributed by atoms with Gasteiger partial charge in [0.15, 0.2) is 44.5 Å². The van der Waals surface area contributed by atoms with Crippen LogP contribution in [0, 0.1) is 65.2 Å². The minimum Gasteiger partial charge on any atom is -0.662 e. The summed E-state index contributed by atoms with van der Waals surface area (Å²) in [5.74, 6) is 3.93. The van der Waals surface area contributed by atoms with Crippen molar-refractivity contribution in [1.82, 2.24) is 83.4 Å². The molecule has 4 atom stereocenters. The number of aryl methyl sites for hydroxylation is 6. The number of methoxy groups -OCH3 is 3. The summed E-state index contributed by atoms with van der Waals surface area (Å²) >= 11 is 17.3. The van der Waals surface area contributed by atoms with Gasteiger partial charge in [-0.2, -0.15) is 0 Å². The van der Waals surface area contributed by atoms with Crippen LogP contribution in [0.15, 0.2) is 92.9 Å². The number of anilines is 3. The molecule has 4 aliphatic rings. The van der Waals surface area contributed by atoms with Gasteiger partial charge in [0.05, 0.1) is 144 Å². The van der Waals surface area contributed by atoms with Crippen molar-refractivity contribution in [2.24, 2.45) is 23.7 Å². The van der Waals surface area contributed by atoms with Gasteiger partial charge in [-0.05, 0) is 130 Å². The van der Waals surface area contributed by atoms with E-state index in [4.69, 9.17) is 84.1 Å². The van der Waals surface area contributed by atoms with Crippen molar-refractivity contribution in [3.05, 3.63) is 168 Å². The first-order valence-corrected chi connectivity index (χ1v) is 50.5. The van der Waals surface area contributed by atoms with Crippen molar-refractivity contribution in [2.45, 2.75) is 181 Å². The Hall–Kier alpha value is -10.1. The molecule has 0 amide bonds. The van der Waals surface area contributed by atoms with Crippen LogP contribution < -0.4 is 54.8 Å². The molecule has 12 heterocycles. The molecule has 0 saturated heterocycles. The Kier molecular flexibility index (Phi) is 37.1. The number of sulfone groups is 4. The second kappa shape index (κ2) is 45.4. The van der Waals surface area contributed by atoms with Crippen LogP contribution in [-0.4, -0.2) is 226 Å². The number of esters is 3. The fourth-order valence-corrected chi connectivity index (χ4v) is 20.1. The zero-order valence-electron chi connectivity index (χ0n) is 78.6. The Labute approximate surface area is 821 Å². The summed E-state index contributed by atoms with van der Waals surface area (Å²) in [6, 6.07) is 12.2. The first-order chi connectivity index (χ1) is 62.5. The number of rotatable bonds is 16. The van der Waals surface area contributed by atoms with E-state index in [9.17, 15) is 53.2 Å². The fourth-order valence-electron chi connectivity index (χ4n) is 16.1. The number of halogens is 3. The van der Waals surface area contributed by atoms with E-state index in [1.807, 2.05) is 60.7 Å². The van der Waals surface area contributed by atoms with Crippen molar-refractivity contribution < 1.29 is 117 Å². The van der Waals surface area contributed by atoms with Crippen LogP contribution >= 0.6 is 34.8 Å². The molecular weight excluding hydrogens is 1900 g/mol. The van der Waals surface area contributed by atoms with Crippen LogP contribution in [0.3, 0.4) is 0 Å². The molecule has 135 heavy (non-hydrogen) atoms. The predicted molar refractivity (Wildman–Crippen MR) is 505 cm³/mol. The first-order valence-electron chi connectivity index (χ1n) is 41.8. The van der Waals surface area contributed by atoms with Gasteiger partial charge in [-0.25, -0.2) is 103 Å². The van der Waals surface area contributed by atoms with Crippen molar-refractivity contribution in [1.29, 1.82) is 0 Å². The number of hydrogen-bond acceptors (Lipinski definition) is 35. The van der Waals surface area contributed by atoms with Gasteiger partial charge in [-0.15, -0.1) is 0 Å². The van der Waals surface area contributed by atoms with E-state index < -0.39 is 57.3 Å². The summed E-state index contributed by atoms with van der Waals surface area (Å²) in [5, 5.41) is 29.7. The summed E-state index contributed by atoms with van der Waals surface area (Å²) in [5.41, 5.74) is 11.0. The van der Waals surface area contributed by atoms with E-state index in [-0.39, 0.29) is 128 Å². The van der Waals surface area contributed by atoms with E-state index in [0.29, 0.717) is 129 Å². The second-order valence-electron chi connectivity index (χ2n) is 33.3. The van der Waals surface area contributed by atoms with Gasteiger partial charge in [0.2, 0.25) is 17.8 Å². The molecule has 8 aromatic heterocycles. The van der Waals surface area contributed by atoms with Crippen molar-refractivity contribution >= 4 is 161 Å². The third-order valence-corrected chi connectivity index (χ3v) is 28.1. The molecule has 0 aliphatic carbocycles. The molecule has 3 N–H and O–H groups in total. The third-order valence-electron chi connectivity index (χ3n) is 22.6. The molecule has 4 aromatic carbocycles. The van der Waals surface area contributed by atoms with Crippen LogP contribution in [0.1, 0.15) is 181 Å². The van der Waals surface area contributed by atoms with E-state index >= 15 is 0 Å². The molecule has 39 nitrogen and oxygen atoms in total. The smallest absolute Gasteiger partial charge is 0.662 e. The van der Waals surface area contributed by atoms with Gasteiger partial charge in [0.25, 0.3) is 6.47 Å². The largest absolute Gasteiger partial charge is 1.00 e. The molecule has 0 spiro atoms. The molecule has 47 heteroatoms. The molecule has 724 valence electrons. The minimum absolute atomic E-state index is 0. The van der Waals surface area contributed by atoms with Gasteiger partial charge in [-0.1, -0.05) is 97.6 Å². The molecule has 0 saturated carbocycles. The summed E-state index contributed by atoms with van der Waals surface area (Å²) in [6.07, 6.45) is 11.2. The molecule has 0 radical (unpaired) electrons. The third kappa shape index (κ3) is 24.2. The summed E-state index contributed by atoms with van der Waals surface area (Å²) in [7, 11) is -9.67. The topological polar surface area (TPSA) is 501 Å². The maximum Gasteiger partial charge on any atom is 1.00 e. The monoisotopic (exact) mass is 2010 g/mol. The van der Waals surface area contributed by atoms with E-state index in [0.717, 1.165) is 101 Å². The number of aliphatic hydroxyl groups excluding tert-OH is 2. The van der Waals surface area contributed by atoms with Crippen LogP contribution in [0.25, 0.3) is 44.1 Å². The minimum atomic E-state index is -3.66. The van der Waals surface area contributed by atoms with E-state index in [1.165, 1.54) is 63.9 Å². The Morgan fingerprint density at radius 2 is 0.763 bits per heavy atom. The number of nitrogens with one attached hydrogen (secondary N) is 1. The Bertz CT molecular complexity index is 6720. The second-order valence-corrected chi connectivity index (χ2v) is 42.3. The zero-order valence-corrected chi connectivity index (χ0v) is 86.1. The number of carbonyl (C=O) groups is 4. The Balaban J connectivity index is 0.000000210. The SMILES string of the molecule is C.CO.COC(=O)c1cc2nc3n(c2cc1S(C)(=O)=O)CCN(c1ncc(C)c(C)n1)[C@@H]3C(C)C.COC(=O)c1cc2nc3n(c2cc1S(C)(=O)=O)CCN(c1ncc(C)c(Cl)n1)[C@@H]3C(C)C.COC(=O)c1cc2nc3n(c2cc1S(C)(=O)=O)CCN[C@@H]3C(C)C.Cc1cnc(N2CCn3c(nc4cc(CO)c(S(C)(=O)=O)cc43)[C@H]2C(C)C)nc1C.Cc1ncc(Cl)nc1Cl.O=CO[O-].[Na+]. The van der Waals surface area contributed by atoms with Crippen LogP contribution in [-0.2, 0) is 96.0 Å². The average molecular weight is 2010 g/mol. The Morgan fingerprint density at radius 1 is 0.444 bits per heavy atom. The number of imidazole rings is 4. The standard InChI is InChI=1S/C22H27N5O4S.C21H24ClN5O4S.C21H27N5O3S.C16H21N3O4S.C5H4Cl2N2.CH2O3.CH4O.CH4.Na/c1-12(2)19-20-25-16-9-15(21(28)31-5)18(32(6,29)30)10-17(16)26(20)7-8-27(19)22-23-11-13(3)14(4)24-22;1-11(2)17-19-24-14-8-13(20(28)31-4)16(32(5,29)30)9-15(14)26(19)6-7-27(17)21-23-10-12(3)18(22)25-21;1-12(2)19-20-24-16-8-15(11-27)18(30(5,28)29)9-17(16)25(20)6-7-26(19)21-22-10-13(3)14(4)23-21;1-9(2)14-15-18-11-7-10(16(20)23-3)13(24(4,21)22)8-12(11)19(15)6-5-17-14;1-3-5(7)9-4(6)2-8-3;2-1-4-3;1-2;;/h9-12,19H,7-8H2,1-6H3;8-11,17H,6-7H2,1-5H3;8-10,12,19,27H,6-7,11H2,1-5H3;7-9,14,17H,5-6H2,1-4H3;2H,1H3;1,3H;2H,1H3;1H4;/q;;;;;;;;+1/p-1/t19-;17-;19-;14-;;;;;/m1111...../s1. The number of fused-ring (bicyclic) bond motifs is 12. The number of benzene rings is 4. The van der Waals surface area contributed by atoms with Gasteiger partial charge in [-0.3, -0.25) is 9.78 Å².